The van der Waals surface area contributed by atoms with Gasteiger partial charge in [-0.1, -0.05) is 18.2 Å². The van der Waals surface area contributed by atoms with Crippen molar-refractivity contribution in [3.05, 3.63) is 59.4 Å². The first-order valence-electron chi connectivity index (χ1n) is 9.99. The molecule has 4 rings (SSSR count). The summed E-state index contributed by atoms with van der Waals surface area (Å²) in [6.45, 7) is 2.99. The van der Waals surface area contributed by atoms with Gasteiger partial charge in [-0.2, -0.15) is 0 Å². The highest BCUT2D eigenvalue weighted by atomic mass is 19.1. The number of hydrogen-bond donors (Lipinski definition) is 1. The van der Waals surface area contributed by atoms with Crippen LogP contribution in [0.3, 0.4) is 0 Å². The van der Waals surface area contributed by atoms with Crippen molar-refractivity contribution in [2.75, 3.05) is 20.2 Å². The van der Waals surface area contributed by atoms with Gasteiger partial charge in [0.1, 0.15) is 11.9 Å². The van der Waals surface area contributed by atoms with Crippen LogP contribution in [0.4, 0.5) is 4.39 Å². The molecule has 0 radical (unpaired) electrons. The number of rotatable bonds is 4. The van der Waals surface area contributed by atoms with Crippen LogP contribution in [0.15, 0.2) is 42.5 Å². The van der Waals surface area contributed by atoms with E-state index in [0.717, 1.165) is 5.56 Å². The lowest BCUT2D eigenvalue weighted by molar-refractivity contribution is -0.0240. The SMILES string of the molecule is COc1ccccc1O[C@@H]1C[C@@H]2CN(C(=O)c3cc(F)ccc3C)C[C@@H]2C[C@H]1O. The van der Waals surface area contributed by atoms with Crippen molar-refractivity contribution >= 4 is 5.91 Å². The minimum atomic E-state index is -0.605. The summed E-state index contributed by atoms with van der Waals surface area (Å²) in [6.07, 6.45) is 0.289. The highest BCUT2D eigenvalue weighted by molar-refractivity contribution is 5.95. The van der Waals surface area contributed by atoms with Gasteiger partial charge in [-0.25, -0.2) is 4.39 Å². The van der Waals surface area contributed by atoms with Gasteiger partial charge < -0.3 is 19.5 Å². The minimum Gasteiger partial charge on any atom is -0.493 e. The third-order valence-corrected chi connectivity index (χ3v) is 6.15. The lowest BCUT2D eigenvalue weighted by Crippen LogP contribution is -2.42. The number of fused-ring (bicyclic) bond motifs is 1. The van der Waals surface area contributed by atoms with Crippen molar-refractivity contribution in [2.45, 2.75) is 32.0 Å². The zero-order valence-corrected chi connectivity index (χ0v) is 16.7. The fourth-order valence-corrected chi connectivity index (χ4v) is 4.56. The third kappa shape index (κ3) is 3.94. The first-order chi connectivity index (χ1) is 14.0. The number of ether oxygens (including phenoxy) is 2. The molecule has 2 aromatic rings. The maximum absolute atomic E-state index is 13.6. The van der Waals surface area contributed by atoms with Crippen LogP contribution in [0.1, 0.15) is 28.8 Å². The molecule has 154 valence electrons. The number of halogens is 1. The van der Waals surface area contributed by atoms with Gasteiger partial charge in [0.05, 0.1) is 13.2 Å². The molecule has 1 aliphatic carbocycles. The van der Waals surface area contributed by atoms with E-state index in [0.29, 0.717) is 43.0 Å². The molecule has 2 fully saturated rings. The van der Waals surface area contributed by atoms with Crippen LogP contribution in [0.25, 0.3) is 0 Å². The lowest BCUT2D eigenvalue weighted by Gasteiger charge is -2.35. The van der Waals surface area contributed by atoms with E-state index in [2.05, 4.69) is 0 Å². The van der Waals surface area contributed by atoms with E-state index in [4.69, 9.17) is 9.47 Å². The van der Waals surface area contributed by atoms with E-state index in [1.54, 1.807) is 18.1 Å². The molecule has 5 nitrogen and oxygen atoms in total. The van der Waals surface area contributed by atoms with Gasteiger partial charge in [-0.3, -0.25) is 4.79 Å². The van der Waals surface area contributed by atoms with E-state index in [1.807, 2.05) is 31.2 Å². The number of benzene rings is 2. The summed E-state index contributed by atoms with van der Waals surface area (Å²) in [5.74, 6) is 1.16. The van der Waals surface area contributed by atoms with Crippen LogP contribution in [-0.2, 0) is 0 Å². The molecular weight excluding hydrogens is 373 g/mol. The van der Waals surface area contributed by atoms with E-state index >= 15 is 0 Å². The van der Waals surface area contributed by atoms with Crippen molar-refractivity contribution in [3.8, 4) is 11.5 Å². The molecule has 1 saturated heterocycles. The molecule has 4 atom stereocenters. The van der Waals surface area contributed by atoms with Crippen LogP contribution in [0.5, 0.6) is 11.5 Å². The van der Waals surface area contributed by atoms with Gasteiger partial charge >= 0.3 is 0 Å². The average molecular weight is 399 g/mol. The first kappa shape index (κ1) is 19.7. The van der Waals surface area contributed by atoms with Crippen LogP contribution < -0.4 is 9.47 Å². The number of aryl methyl sites for hydroxylation is 1. The Kier molecular flexibility index (Phi) is 5.46. The highest BCUT2D eigenvalue weighted by Gasteiger charge is 2.44. The Morgan fingerprint density at radius 3 is 2.52 bits per heavy atom. The monoisotopic (exact) mass is 399 g/mol. The van der Waals surface area contributed by atoms with Gasteiger partial charge in [0, 0.05) is 18.7 Å². The summed E-state index contributed by atoms with van der Waals surface area (Å²) in [4.78, 5) is 14.7. The van der Waals surface area contributed by atoms with Gasteiger partial charge in [0.15, 0.2) is 11.5 Å². The zero-order chi connectivity index (χ0) is 20.5. The van der Waals surface area contributed by atoms with Crippen molar-refractivity contribution in [3.63, 3.8) is 0 Å². The predicted octanol–water partition coefficient (Wildman–Crippen LogP) is 3.43. The van der Waals surface area contributed by atoms with Crippen molar-refractivity contribution < 1.29 is 23.8 Å². The summed E-state index contributed by atoms with van der Waals surface area (Å²) in [5, 5.41) is 10.6. The minimum absolute atomic E-state index is 0.145. The molecule has 6 heteroatoms. The van der Waals surface area contributed by atoms with Crippen LogP contribution >= 0.6 is 0 Å². The van der Waals surface area contributed by atoms with E-state index in [1.165, 1.54) is 12.1 Å². The van der Waals surface area contributed by atoms with Gasteiger partial charge in [0.2, 0.25) is 0 Å². The summed E-state index contributed by atoms with van der Waals surface area (Å²) in [6, 6.07) is 11.7. The number of para-hydroxylation sites is 2. The van der Waals surface area contributed by atoms with Crippen LogP contribution in [-0.4, -0.2) is 48.3 Å². The van der Waals surface area contributed by atoms with Crippen LogP contribution in [0, 0.1) is 24.6 Å². The standard InChI is InChI=1S/C23H26FNO4/c1-14-7-8-17(24)11-18(14)23(27)25-12-15-9-19(26)22(10-16(15)13-25)29-21-6-4-3-5-20(21)28-2/h3-8,11,15-16,19,22,26H,9-10,12-13H2,1-2H3/t15-,16+,19+,22+/m0/s1. The lowest BCUT2D eigenvalue weighted by atomic mass is 9.78. The topological polar surface area (TPSA) is 59.0 Å². The zero-order valence-electron chi connectivity index (χ0n) is 16.7. The quantitative estimate of drug-likeness (QED) is 0.856. The maximum atomic E-state index is 13.6. The van der Waals surface area contributed by atoms with Gasteiger partial charge in [0.25, 0.3) is 5.91 Å². The van der Waals surface area contributed by atoms with Crippen molar-refractivity contribution in [2.24, 2.45) is 11.8 Å². The molecule has 1 saturated carbocycles. The second-order valence-corrected chi connectivity index (χ2v) is 8.04. The number of methoxy groups -OCH3 is 1. The number of nitrogens with zero attached hydrogens (tertiary/aromatic N) is 1. The Hall–Kier alpha value is -2.60. The second-order valence-electron chi connectivity index (χ2n) is 8.04. The first-order valence-corrected chi connectivity index (χ1v) is 9.99. The third-order valence-electron chi connectivity index (χ3n) is 6.15. The Labute approximate surface area is 170 Å². The number of carbonyl (C=O) groups is 1. The Morgan fingerprint density at radius 2 is 1.79 bits per heavy atom. The number of likely N-dealkylation sites (tertiary alicyclic amines) is 1. The number of hydrogen-bond acceptors (Lipinski definition) is 4. The maximum Gasteiger partial charge on any atom is 0.254 e. The molecule has 0 bridgehead atoms. The predicted molar refractivity (Wildman–Crippen MR) is 107 cm³/mol. The summed E-state index contributed by atoms with van der Waals surface area (Å²) < 4.78 is 25.1. The average Bonchev–Trinajstić information content (AvgIpc) is 3.12. The number of aliphatic hydroxyl groups is 1. The molecule has 2 aromatic carbocycles. The highest BCUT2D eigenvalue weighted by Crippen LogP contribution is 2.39. The number of amides is 1. The largest absolute Gasteiger partial charge is 0.493 e. The molecule has 0 spiro atoms. The fourth-order valence-electron chi connectivity index (χ4n) is 4.56. The van der Waals surface area contributed by atoms with Crippen molar-refractivity contribution in [1.29, 1.82) is 0 Å². The second kappa shape index (κ2) is 8.03. The summed E-state index contributed by atoms with van der Waals surface area (Å²) in [5.41, 5.74) is 1.18. The van der Waals surface area contributed by atoms with Crippen LogP contribution in [0.2, 0.25) is 0 Å². The molecular formula is C23H26FNO4. The number of carbonyl (C=O) groups excluding carboxylic acids is 1. The summed E-state index contributed by atoms with van der Waals surface area (Å²) >= 11 is 0. The molecule has 1 amide bonds. The molecule has 1 N–H and O–H groups in total. The van der Waals surface area contributed by atoms with Crippen molar-refractivity contribution in [1.82, 2.24) is 4.90 Å². The fraction of sp³-hybridized carbons (Fsp3) is 0.435. The molecule has 1 heterocycles. The normalized spacial score (nSPS) is 26.1. The van der Waals surface area contributed by atoms with E-state index < -0.39 is 11.9 Å². The smallest absolute Gasteiger partial charge is 0.254 e. The molecule has 0 aromatic heterocycles. The molecule has 1 aliphatic heterocycles. The Bertz CT molecular complexity index is 902. The van der Waals surface area contributed by atoms with Gasteiger partial charge in [-0.05, 0) is 61.4 Å². The van der Waals surface area contributed by atoms with Gasteiger partial charge in [-0.15, -0.1) is 0 Å². The molecule has 2 aliphatic rings. The summed E-state index contributed by atoms with van der Waals surface area (Å²) in [7, 11) is 1.59. The number of aliphatic hydroxyl groups excluding tert-OH is 1. The van der Waals surface area contributed by atoms with E-state index in [9.17, 15) is 14.3 Å². The van der Waals surface area contributed by atoms with E-state index in [-0.39, 0.29) is 23.8 Å². The molecule has 0 unspecified atom stereocenters. The Morgan fingerprint density at radius 1 is 1.10 bits per heavy atom. The Balaban J connectivity index is 1.46. The molecule has 29 heavy (non-hydrogen) atoms.